The average Bonchev–Trinajstić information content (AvgIpc) is 2.12. The average molecular weight is 159 g/mol. The largest absolute Gasteiger partial charge is 0.508 e. The summed E-state index contributed by atoms with van der Waals surface area (Å²) in [6.07, 6.45) is 3.52. The van der Waals surface area contributed by atoms with Crippen molar-refractivity contribution in [2.24, 2.45) is 0 Å². The molecule has 0 radical (unpaired) electrons. The number of hydrogen-bond donors (Lipinski definition) is 1. The van der Waals surface area contributed by atoms with E-state index in [2.05, 4.69) is 4.98 Å². The number of nitrogens with zero attached hydrogens (tertiary/aromatic N) is 1. The van der Waals surface area contributed by atoms with E-state index in [1.807, 2.05) is 19.1 Å². The summed E-state index contributed by atoms with van der Waals surface area (Å²) >= 11 is 0. The minimum atomic E-state index is 0.329. The lowest BCUT2D eigenvalue weighted by Crippen LogP contribution is -1.80. The van der Waals surface area contributed by atoms with E-state index in [1.54, 1.807) is 18.5 Å². The third-order valence-electron chi connectivity index (χ3n) is 2.06. The molecule has 0 spiro atoms. The number of hydrogen-bond acceptors (Lipinski definition) is 2. The van der Waals surface area contributed by atoms with Crippen LogP contribution in [-0.4, -0.2) is 10.1 Å². The second-order valence-electron chi connectivity index (χ2n) is 2.81. The molecule has 0 bridgehead atoms. The molecule has 2 aromatic rings. The molecule has 1 N–H and O–H groups in total. The molecule has 0 unspecified atom stereocenters. The molecule has 1 heterocycles. The first-order valence-electron chi connectivity index (χ1n) is 3.81. The number of benzene rings is 1. The zero-order chi connectivity index (χ0) is 8.55. The number of rotatable bonds is 0. The van der Waals surface area contributed by atoms with Gasteiger partial charge in [-0.25, -0.2) is 0 Å². The SMILES string of the molecule is Cc1c(O)ccc2ccncc12. The van der Waals surface area contributed by atoms with Crippen molar-refractivity contribution in [3.05, 3.63) is 36.2 Å². The zero-order valence-corrected chi connectivity index (χ0v) is 6.78. The van der Waals surface area contributed by atoms with Crippen LogP contribution in [-0.2, 0) is 0 Å². The molecule has 0 saturated heterocycles. The summed E-state index contributed by atoms with van der Waals surface area (Å²) in [7, 11) is 0. The van der Waals surface area contributed by atoms with Crippen LogP contribution < -0.4 is 0 Å². The van der Waals surface area contributed by atoms with Crippen molar-refractivity contribution in [1.29, 1.82) is 0 Å². The highest BCUT2D eigenvalue weighted by Crippen LogP contribution is 2.24. The fraction of sp³-hybridized carbons (Fsp3) is 0.100. The zero-order valence-electron chi connectivity index (χ0n) is 6.78. The first-order chi connectivity index (χ1) is 5.79. The molecule has 0 atom stereocenters. The van der Waals surface area contributed by atoms with Crippen molar-refractivity contribution in [2.45, 2.75) is 6.92 Å². The molecular weight excluding hydrogens is 150 g/mol. The van der Waals surface area contributed by atoms with Gasteiger partial charge in [-0.1, -0.05) is 6.07 Å². The van der Waals surface area contributed by atoms with E-state index in [0.717, 1.165) is 16.3 Å². The summed E-state index contributed by atoms with van der Waals surface area (Å²) in [6, 6.07) is 5.53. The van der Waals surface area contributed by atoms with Crippen LogP contribution in [0.4, 0.5) is 0 Å². The Hall–Kier alpha value is -1.57. The van der Waals surface area contributed by atoms with Gasteiger partial charge in [0, 0.05) is 23.3 Å². The highest BCUT2D eigenvalue weighted by molar-refractivity contribution is 5.86. The summed E-state index contributed by atoms with van der Waals surface area (Å²) in [4.78, 5) is 4.00. The Morgan fingerprint density at radius 1 is 1.25 bits per heavy atom. The van der Waals surface area contributed by atoms with E-state index in [0.29, 0.717) is 5.75 Å². The topological polar surface area (TPSA) is 33.1 Å². The minimum Gasteiger partial charge on any atom is -0.508 e. The van der Waals surface area contributed by atoms with Gasteiger partial charge in [-0.15, -0.1) is 0 Å². The number of aromatic nitrogens is 1. The Balaban J connectivity index is 2.91. The van der Waals surface area contributed by atoms with Gasteiger partial charge >= 0.3 is 0 Å². The molecule has 0 aliphatic carbocycles. The monoisotopic (exact) mass is 159 g/mol. The maximum atomic E-state index is 9.39. The van der Waals surface area contributed by atoms with Gasteiger partial charge in [-0.05, 0) is 24.4 Å². The summed E-state index contributed by atoms with van der Waals surface area (Å²) in [6.45, 7) is 1.89. The van der Waals surface area contributed by atoms with Gasteiger partial charge in [0.1, 0.15) is 5.75 Å². The molecule has 2 rings (SSSR count). The molecule has 0 aliphatic heterocycles. The van der Waals surface area contributed by atoms with E-state index < -0.39 is 0 Å². The van der Waals surface area contributed by atoms with Gasteiger partial charge in [0.05, 0.1) is 0 Å². The van der Waals surface area contributed by atoms with E-state index >= 15 is 0 Å². The number of aromatic hydroxyl groups is 1. The Kier molecular flexibility index (Phi) is 1.47. The van der Waals surface area contributed by atoms with Crippen LogP contribution in [0, 0.1) is 6.92 Å². The third-order valence-corrected chi connectivity index (χ3v) is 2.06. The smallest absolute Gasteiger partial charge is 0.119 e. The van der Waals surface area contributed by atoms with Crippen molar-refractivity contribution >= 4 is 10.8 Å². The van der Waals surface area contributed by atoms with Gasteiger partial charge in [-0.2, -0.15) is 0 Å². The van der Waals surface area contributed by atoms with Crippen LogP contribution in [0.5, 0.6) is 5.75 Å². The van der Waals surface area contributed by atoms with Crippen LogP contribution in [0.1, 0.15) is 5.56 Å². The number of aryl methyl sites for hydroxylation is 1. The molecular formula is C10H9NO. The lowest BCUT2D eigenvalue weighted by atomic mass is 10.1. The third kappa shape index (κ3) is 0.925. The Bertz CT molecular complexity index is 423. The lowest BCUT2D eigenvalue weighted by molar-refractivity contribution is 0.472. The fourth-order valence-corrected chi connectivity index (χ4v) is 1.30. The quantitative estimate of drug-likeness (QED) is 0.639. The van der Waals surface area contributed by atoms with E-state index in [1.165, 1.54) is 0 Å². The first-order valence-corrected chi connectivity index (χ1v) is 3.81. The predicted molar refractivity (Wildman–Crippen MR) is 48.1 cm³/mol. The highest BCUT2D eigenvalue weighted by Gasteiger charge is 2.00. The van der Waals surface area contributed by atoms with Crippen LogP contribution in [0.15, 0.2) is 30.6 Å². The highest BCUT2D eigenvalue weighted by atomic mass is 16.3. The minimum absolute atomic E-state index is 0.329. The van der Waals surface area contributed by atoms with Crippen LogP contribution in [0.25, 0.3) is 10.8 Å². The van der Waals surface area contributed by atoms with Gasteiger partial charge in [0.15, 0.2) is 0 Å². The van der Waals surface area contributed by atoms with Crippen molar-refractivity contribution < 1.29 is 5.11 Å². The summed E-state index contributed by atoms with van der Waals surface area (Å²) in [5.41, 5.74) is 0.889. The second-order valence-corrected chi connectivity index (χ2v) is 2.81. The number of phenolic OH excluding ortho intramolecular Hbond substituents is 1. The summed E-state index contributed by atoms with van der Waals surface area (Å²) in [5.74, 6) is 0.329. The predicted octanol–water partition coefficient (Wildman–Crippen LogP) is 2.25. The van der Waals surface area contributed by atoms with E-state index in [9.17, 15) is 5.11 Å². The van der Waals surface area contributed by atoms with Gasteiger partial charge < -0.3 is 5.11 Å². The van der Waals surface area contributed by atoms with Crippen molar-refractivity contribution in [1.82, 2.24) is 4.98 Å². The molecule has 0 fully saturated rings. The van der Waals surface area contributed by atoms with Crippen molar-refractivity contribution in [2.75, 3.05) is 0 Å². The van der Waals surface area contributed by atoms with Crippen molar-refractivity contribution in [3.63, 3.8) is 0 Å². The molecule has 12 heavy (non-hydrogen) atoms. The molecule has 0 amide bonds. The van der Waals surface area contributed by atoms with Crippen LogP contribution >= 0.6 is 0 Å². The van der Waals surface area contributed by atoms with Crippen LogP contribution in [0.2, 0.25) is 0 Å². The lowest BCUT2D eigenvalue weighted by Gasteiger charge is -2.02. The van der Waals surface area contributed by atoms with Crippen LogP contribution in [0.3, 0.4) is 0 Å². The summed E-state index contributed by atoms with van der Waals surface area (Å²) < 4.78 is 0. The molecule has 1 aromatic heterocycles. The van der Waals surface area contributed by atoms with E-state index in [4.69, 9.17) is 0 Å². The van der Waals surface area contributed by atoms with Crippen molar-refractivity contribution in [3.8, 4) is 5.75 Å². The molecule has 2 heteroatoms. The number of fused-ring (bicyclic) bond motifs is 1. The standard InChI is InChI=1S/C10H9NO/c1-7-9-6-11-5-4-8(9)2-3-10(7)12/h2-6,12H,1H3. The van der Waals surface area contributed by atoms with Gasteiger partial charge in [-0.3, -0.25) is 4.98 Å². The molecule has 0 aliphatic rings. The first kappa shape index (κ1) is 7.10. The fourth-order valence-electron chi connectivity index (χ4n) is 1.30. The maximum absolute atomic E-state index is 9.39. The molecule has 0 saturated carbocycles. The second kappa shape index (κ2) is 2.48. The maximum Gasteiger partial charge on any atom is 0.119 e. The molecule has 2 nitrogen and oxygen atoms in total. The van der Waals surface area contributed by atoms with E-state index in [-0.39, 0.29) is 0 Å². The van der Waals surface area contributed by atoms with Gasteiger partial charge in [0.2, 0.25) is 0 Å². The molecule has 60 valence electrons. The molecule has 1 aromatic carbocycles. The Morgan fingerprint density at radius 3 is 2.92 bits per heavy atom. The Morgan fingerprint density at radius 2 is 2.08 bits per heavy atom. The van der Waals surface area contributed by atoms with Gasteiger partial charge in [0.25, 0.3) is 0 Å². The normalized spacial score (nSPS) is 10.4. The number of pyridine rings is 1. The summed E-state index contributed by atoms with van der Waals surface area (Å²) in [5, 5.41) is 11.5. The number of phenols is 1. The Labute approximate surface area is 70.5 Å².